The number of ether oxygens (including phenoxy) is 1. The minimum Gasteiger partial charge on any atom is -0.381 e. The van der Waals surface area contributed by atoms with Gasteiger partial charge in [0.25, 0.3) is 0 Å². The van der Waals surface area contributed by atoms with E-state index in [2.05, 4.69) is 4.72 Å². The van der Waals surface area contributed by atoms with E-state index in [1.54, 1.807) is 7.11 Å². The average molecular weight is 286 g/mol. The minimum atomic E-state index is -3.50. The normalized spacial score (nSPS) is 24.0. The number of nitrogens with one attached hydrogen (secondary N) is 1. The van der Waals surface area contributed by atoms with Crippen LogP contribution in [0.1, 0.15) is 24.1 Å². The van der Waals surface area contributed by atoms with Gasteiger partial charge in [-0.15, -0.1) is 11.3 Å². The fraction of sp³-hybridized carbons (Fsp3) is 0.545. The third-order valence-corrected chi connectivity index (χ3v) is 6.00. The van der Waals surface area contributed by atoms with Gasteiger partial charge >= 0.3 is 0 Å². The molecule has 7 heteroatoms. The summed E-state index contributed by atoms with van der Waals surface area (Å²) in [4.78, 5) is 0.400. The van der Waals surface area contributed by atoms with Crippen LogP contribution < -0.4 is 4.72 Å². The molecule has 0 bridgehead atoms. The number of thiophene rings is 1. The van der Waals surface area contributed by atoms with Crippen LogP contribution in [0.25, 0.3) is 0 Å². The van der Waals surface area contributed by atoms with Crippen molar-refractivity contribution in [3.8, 4) is 6.07 Å². The average Bonchev–Trinajstić information content (AvgIpc) is 2.96. The molecule has 2 unspecified atom stereocenters. The van der Waals surface area contributed by atoms with Crippen LogP contribution in [0.2, 0.25) is 0 Å². The van der Waals surface area contributed by atoms with Crippen LogP contribution in [-0.2, 0) is 14.8 Å². The molecule has 1 heterocycles. The van der Waals surface area contributed by atoms with Crippen LogP contribution in [0.15, 0.2) is 16.3 Å². The fourth-order valence-electron chi connectivity index (χ4n) is 2.06. The van der Waals surface area contributed by atoms with E-state index in [1.807, 2.05) is 6.07 Å². The smallest absolute Gasteiger partial charge is 0.250 e. The third kappa shape index (κ3) is 2.90. The standard InChI is InChI=1S/C11H14N2O3S2/c1-16-9-3-2-8(6-9)13-18(14,15)11-5-4-10(7-12)17-11/h4-5,8-9,13H,2-3,6H2,1H3. The first-order valence-electron chi connectivity index (χ1n) is 5.60. The molecule has 1 fully saturated rings. The lowest BCUT2D eigenvalue weighted by atomic mass is 10.3. The summed E-state index contributed by atoms with van der Waals surface area (Å²) in [5.74, 6) is 0. The highest BCUT2D eigenvalue weighted by atomic mass is 32.2. The first-order chi connectivity index (χ1) is 8.55. The molecule has 0 spiro atoms. The summed E-state index contributed by atoms with van der Waals surface area (Å²) in [6, 6.07) is 4.85. The van der Waals surface area contributed by atoms with Gasteiger partial charge in [0, 0.05) is 13.2 Å². The van der Waals surface area contributed by atoms with Gasteiger partial charge in [-0.05, 0) is 31.4 Å². The molecule has 1 aliphatic carbocycles. The van der Waals surface area contributed by atoms with Crippen LogP contribution in [0.4, 0.5) is 0 Å². The monoisotopic (exact) mass is 286 g/mol. The second kappa shape index (κ2) is 5.36. The van der Waals surface area contributed by atoms with Crippen LogP contribution in [0.3, 0.4) is 0 Å². The Morgan fingerprint density at radius 3 is 2.83 bits per heavy atom. The van der Waals surface area contributed by atoms with Crippen LogP contribution in [0, 0.1) is 11.3 Å². The molecule has 0 aromatic carbocycles. The Morgan fingerprint density at radius 2 is 2.28 bits per heavy atom. The molecule has 2 atom stereocenters. The first kappa shape index (κ1) is 13.5. The lowest BCUT2D eigenvalue weighted by Crippen LogP contribution is -2.32. The molecular weight excluding hydrogens is 272 g/mol. The number of nitrogens with zero attached hydrogens (tertiary/aromatic N) is 1. The summed E-state index contributed by atoms with van der Waals surface area (Å²) >= 11 is 0.987. The Morgan fingerprint density at radius 1 is 1.50 bits per heavy atom. The van der Waals surface area contributed by atoms with Gasteiger partial charge in [-0.1, -0.05) is 0 Å². The predicted octanol–water partition coefficient (Wildman–Crippen LogP) is 1.47. The molecule has 1 aromatic rings. The van der Waals surface area contributed by atoms with E-state index >= 15 is 0 Å². The Bertz CT molecular complexity index is 559. The lowest BCUT2D eigenvalue weighted by Gasteiger charge is -2.12. The van der Waals surface area contributed by atoms with Gasteiger partial charge in [-0.3, -0.25) is 0 Å². The van der Waals surface area contributed by atoms with Gasteiger partial charge < -0.3 is 4.74 Å². The zero-order valence-electron chi connectivity index (χ0n) is 9.92. The minimum absolute atomic E-state index is 0.0763. The summed E-state index contributed by atoms with van der Waals surface area (Å²) in [6.45, 7) is 0. The van der Waals surface area contributed by atoms with Crippen LogP contribution >= 0.6 is 11.3 Å². The van der Waals surface area contributed by atoms with Crippen molar-refractivity contribution in [2.45, 2.75) is 35.6 Å². The number of sulfonamides is 1. The maximum absolute atomic E-state index is 12.1. The Kier molecular flexibility index (Phi) is 4.02. The highest BCUT2D eigenvalue weighted by molar-refractivity contribution is 7.91. The van der Waals surface area contributed by atoms with Crippen molar-refractivity contribution < 1.29 is 13.2 Å². The van der Waals surface area contributed by atoms with Gasteiger partial charge in [-0.2, -0.15) is 5.26 Å². The van der Waals surface area contributed by atoms with Crippen molar-refractivity contribution in [2.75, 3.05) is 7.11 Å². The molecule has 0 aliphatic heterocycles. The second-order valence-corrected chi connectivity index (χ2v) is 7.24. The molecule has 5 nitrogen and oxygen atoms in total. The van der Waals surface area contributed by atoms with Gasteiger partial charge in [0.05, 0.1) is 6.10 Å². The molecule has 2 rings (SSSR count). The fourth-order valence-corrected chi connectivity index (χ4v) is 4.47. The summed E-state index contributed by atoms with van der Waals surface area (Å²) in [5, 5.41) is 8.70. The Balaban J connectivity index is 2.06. The quantitative estimate of drug-likeness (QED) is 0.909. The van der Waals surface area contributed by atoms with E-state index in [9.17, 15) is 8.42 Å². The molecule has 1 aliphatic rings. The summed E-state index contributed by atoms with van der Waals surface area (Å²) in [5.41, 5.74) is 0. The Hall–Kier alpha value is -0.940. The highest BCUT2D eigenvalue weighted by Crippen LogP contribution is 2.25. The number of nitriles is 1. The van der Waals surface area contributed by atoms with E-state index in [4.69, 9.17) is 10.00 Å². The molecular formula is C11H14N2O3S2. The topological polar surface area (TPSA) is 79.2 Å². The summed E-state index contributed by atoms with van der Waals surface area (Å²) < 4.78 is 32.2. The van der Waals surface area contributed by atoms with Crippen molar-refractivity contribution >= 4 is 21.4 Å². The lowest BCUT2D eigenvalue weighted by molar-refractivity contribution is 0.107. The van der Waals surface area contributed by atoms with E-state index in [0.29, 0.717) is 11.3 Å². The summed E-state index contributed by atoms with van der Waals surface area (Å²) in [7, 11) is -1.86. The van der Waals surface area contributed by atoms with Crippen molar-refractivity contribution in [3.05, 3.63) is 17.0 Å². The third-order valence-electron chi connectivity index (χ3n) is 3.00. The van der Waals surface area contributed by atoms with Crippen molar-refractivity contribution in [1.29, 1.82) is 5.26 Å². The highest BCUT2D eigenvalue weighted by Gasteiger charge is 2.29. The SMILES string of the molecule is COC1CCC(NS(=O)(=O)c2ccc(C#N)s2)C1. The van der Waals surface area contributed by atoms with Crippen molar-refractivity contribution in [3.63, 3.8) is 0 Å². The van der Waals surface area contributed by atoms with Gasteiger partial charge in [0.15, 0.2) is 0 Å². The van der Waals surface area contributed by atoms with Gasteiger partial charge in [-0.25, -0.2) is 13.1 Å². The van der Waals surface area contributed by atoms with Crippen LogP contribution in [-0.4, -0.2) is 27.7 Å². The van der Waals surface area contributed by atoms with E-state index in [0.717, 1.165) is 24.2 Å². The van der Waals surface area contributed by atoms with Crippen LogP contribution in [0.5, 0.6) is 0 Å². The number of rotatable bonds is 4. The first-order valence-corrected chi connectivity index (χ1v) is 7.90. The van der Waals surface area contributed by atoms with E-state index in [1.165, 1.54) is 12.1 Å². The maximum Gasteiger partial charge on any atom is 0.250 e. The van der Waals surface area contributed by atoms with E-state index in [-0.39, 0.29) is 16.4 Å². The molecule has 0 radical (unpaired) electrons. The molecule has 1 saturated carbocycles. The zero-order chi connectivity index (χ0) is 13.2. The van der Waals surface area contributed by atoms with Crippen molar-refractivity contribution in [1.82, 2.24) is 4.72 Å². The number of methoxy groups -OCH3 is 1. The van der Waals surface area contributed by atoms with Gasteiger partial charge in [0.2, 0.25) is 10.0 Å². The molecule has 0 amide bonds. The van der Waals surface area contributed by atoms with Gasteiger partial charge in [0.1, 0.15) is 15.2 Å². The summed E-state index contributed by atoms with van der Waals surface area (Å²) in [6.07, 6.45) is 2.49. The molecule has 1 N–H and O–H groups in total. The molecule has 98 valence electrons. The number of hydrogen-bond acceptors (Lipinski definition) is 5. The largest absolute Gasteiger partial charge is 0.381 e. The second-order valence-electron chi connectivity index (χ2n) is 4.22. The van der Waals surface area contributed by atoms with Crippen molar-refractivity contribution in [2.24, 2.45) is 0 Å². The molecule has 1 aromatic heterocycles. The molecule has 18 heavy (non-hydrogen) atoms. The molecule has 0 saturated heterocycles. The maximum atomic E-state index is 12.1. The zero-order valence-corrected chi connectivity index (χ0v) is 11.6. The predicted molar refractivity (Wildman–Crippen MR) is 67.8 cm³/mol. The Labute approximate surface area is 110 Å². The van der Waals surface area contributed by atoms with E-state index < -0.39 is 10.0 Å². The number of hydrogen-bond donors (Lipinski definition) is 1.